The second-order valence-corrected chi connectivity index (χ2v) is 5.68. The van der Waals surface area contributed by atoms with Gasteiger partial charge in [-0.05, 0) is 37.9 Å². The van der Waals surface area contributed by atoms with Crippen molar-refractivity contribution in [1.29, 1.82) is 0 Å². The number of benzene rings is 1. The average molecular weight is 291 g/mol. The van der Waals surface area contributed by atoms with Gasteiger partial charge in [-0.15, -0.1) is 0 Å². The number of rotatable bonds is 4. The number of nitro groups is 1. The summed E-state index contributed by atoms with van der Waals surface area (Å²) in [5.74, 6) is -0.602. The van der Waals surface area contributed by atoms with Gasteiger partial charge in [0.2, 0.25) is 0 Å². The summed E-state index contributed by atoms with van der Waals surface area (Å²) in [4.78, 5) is 23.9. The Kier molecular flexibility index (Phi) is 3.50. The van der Waals surface area contributed by atoms with Gasteiger partial charge in [0.05, 0.1) is 10.5 Å². The fraction of sp³-hybridized carbons (Fsp3) is 0.500. The van der Waals surface area contributed by atoms with E-state index in [1.807, 2.05) is 0 Å². The van der Waals surface area contributed by atoms with Crippen LogP contribution in [0.5, 0.6) is 0 Å². The van der Waals surface area contributed by atoms with Crippen molar-refractivity contribution in [3.63, 3.8) is 0 Å². The van der Waals surface area contributed by atoms with Gasteiger partial charge in [0, 0.05) is 30.4 Å². The maximum Gasteiger partial charge on any atom is 0.338 e. The Bertz CT molecular complexity index is 582. The molecule has 7 nitrogen and oxygen atoms in total. The molecule has 4 rings (SSSR count). The molecular weight excluding hydrogens is 274 g/mol. The van der Waals surface area contributed by atoms with E-state index in [1.165, 1.54) is 12.1 Å². The third-order valence-corrected chi connectivity index (χ3v) is 4.44. The predicted molar refractivity (Wildman–Crippen MR) is 76.6 cm³/mol. The molecule has 0 spiro atoms. The van der Waals surface area contributed by atoms with Crippen LogP contribution in [0.2, 0.25) is 0 Å². The smallest absolute Gasteiger partial charge is 0.338 e. The highest BCUT2D eigenvalue weighted by molar-refractivity contribution is 5.95. The number of nitrogens with one attached hydrogen (secondary N) is 1. The van der Waals surface area contributed by atoms with Crippen LogP contribution in [0, 0.1) is 16.0 Å². The van der Waals surface area contributed by atoms with Crippen molar-refractivity contribution < 1.29 is 14.8 Å². The van der Waals surface area contributed by atoms with E-state index >= 15 is 0 Å². The molecule has 2 N–H and O–H groups in total. The van der Waals surface area contributed by atoms with Gasteiger partial charge in [-0.3, -0.25) is 10.1 Å². The average Bonchev–Trinajstić information content (AvgIpc) is 2.48. The molecule has 1 aromatic carbocycles. The lowest BCUT2D eigenvalue weighted by molar-refractivity contribution is -0.384. The molecule has 1 unspecified atom stereocenters. The third-order valence-electron chi connectivity index (χ3n) is 4.44. The Balaban J connectivity index is 1.84. The lowest BCUT2D eigenvalue weighted by Crippen LogP contribution is -2.53. The SMILES string of the molecule is O=C(O)c1cc([N+](=O)[O-])ccc1NC1CN2CCC1CC2. The van der Waals surface area contributed by atoms with E-state index in [0.29, 0.717) is 11.6 Å². The molecule has 0 amide bonds. The summed E-state index contributed by atoms with van der Waals surface area (Å²) in [6.07, 6.45) is 2.24. The molecule has 112 valence electrons. The quantitative estimate of drug-likeness (QED) is 0.648. The molecule has 2 bridgehead atoms. The number of nitro benzene ring substituents is 1. The summed E-state index contributed by atoms with van der Waals surface area (Å²) >= 11 is 0. The number of anilines is 1. The molecule has 0 aromatic heterocycles. The molecule has 3 fully saturated rings. The van der Waals surface area contributed by atoms with E-state index in [0.717, 1.165) is 38.5 Å². The van der Waals surface area contributed by atoms with E-state index in [9.17, 15) is 20.0 Å². The van der Waals surface area contributed by atoms with E-state index < -0.39 is 10.9 Å². The first-order valence-electron chi connectivity index (χ1n) is 7.05. The van der Waals surface area contributed by atoms with E-state index in [2.05, 4.69) is 10.2 Å². The van der Waals surface area contributed by atoms with Crippen LogP contribution in [0.15, 0.2) is 18.2 Å². The van der Waals surface area contributed by atoms with Gasteiger partial charge in [0.25, 0.3) is 5.69 Å². The first-order valence-corrected chi connectivity index (χ1v) is 7.05. The van der Waals surface area contributed by atoms with Crippen molar-refractivity contribution in [1.82, 2.24) is 4.90 Å². The van der Waals surface area contributed by atoms with Crippen LogP contribution in [0.25, 0.3) is 0 Å². The van der Waals surface area contributed by atoms with Crippen molar-refractivity contribution >= 4 is 17.3 Å². The molecule has 3 saturated heterocycles. The summed E-state index contributed by atoms with van der Waals surface area (Å²) in [5.41, 5.74) is 0.222. The summed E-state index contributed by atoms with van der Waals surface area (Å²) < 4.78 is 0. The zero-order valence-electron chi connectivity index (χ0n) is 11.5. The van der Waals surface area contributed by atoms with E-state index in [4.69, 9.17) is 0 Å². The highest BCUT2D eigenvalue weighted by atomic mass is 16.6. The molecule has 3 aliphatic rings. The van der Waals surface area contributed by atoms with E-state index in [1.54, 1.807) is 0 Å². The van der Waals surface area contributed by atoms with Crippen LogP contribution in [0.4, 0.5) is 11.4 Å². The number of carbonyl (C=O) groups is 1. The lowest BCUT2D eigenvalue weighted by atomic mass is 9.84. The highest BCUT2D eigenvalue weighted by Gasteiger charge is 2.34. The van der Waals surface area contributed by atoms with Gasteiger partial charge < -0.3 is 15.3 Å². The van der Waals surface area contributed by atoms with Crippen LogP contribution in [0.3, 0.4) is 0 Å². The minimum absolute atomic E-state index is 0.0411. The molecule has 1 aromatic rings. The highest BCUT2D eigenvalue weighted by Crippen LogP contribution is 2.31. The monoisotopic (exact) mass is 291 g/mol. The van der Waals surface area contributed by atoms with Gasteiger partial charge in [-0.2, -0.15) is 0 Å². The number of aromatic carboxylic acids is 1. The van der Waals surface area contributed by atoms with Gasteiger partial charge in [-0.1, -0.05) is 0 Å². The Labute approximate surface area is 121 Å². The fourth-order valence-electron chi connectivity index (χ4n) is 3.28. The minimum Gasteiger partial charge on any atom is -0.478 e. The Morgan fingerprint density at radius 1 is 1.38 bits per heavy atom. The molecular formula is C14H17N3O4. The van der Waals surface area contributed by atoms with Gasteiger partial charge >= 0.3 is 5.97 Å². The van der Waals surface area contributed by atoms with Crippen molar-refractivity contribution in [2.75, 3.05) is 25.0 Å². The Hall–Kier alpha value is -2.15. The first-order chi connectivity index (χ1) is 10.0. The largest absolute Gasteiger partial charge is 0.478 e. The van der Waals surface area contributed by atoms with Crippen molar-refractivity contribution in [3.05, 3.63) is 33.9 Å². The molecule has 3 heterocycles. The van der Waals surface area contributed by atoms with Crippen LogP contribution in [0.1, 0.15) is 23.2 Å². The van der Waals surface area contributed by atoms with Crippen LogP contribution < -0.4 is 5.32 Å². The third kappa shape index (κ3) is 2.69. The number of hydrogen-bond donors (Lipinski definition) is 2. The standard InChI is InChI=1S/C14H17N3O4/c18-14(19)11-7-10(17(20)21)1-2-12(11)15-13-8-16-5-3-9(13)4-6-16/h1-2,7,9,13,15H,3-6,8H2,(H,18,19). The molecule has 21 heavy (non-hydrogen) atoms. The first kappa shape index (κ1) is 13.8. The Morgan fingerprint density at radius 3 is 2.62 bits per heavy atom. The topological polar surface area (TPSA) is 95.7 Å². The number of nitrogens with zero attached hydrogens (tertiary/aromatic N) is 2. The number of non-ortho nitro benzene ring substituents is 1. The van der Waals surface area contributed by atoms with Crippen LogP contribution in [-0.2, 0) is 0 Å². The summed E-state index contributed by atoms with van der Waals surface area (Å²) in [6.45, 7) is 3.12. The number of carboxylic acid groups (broad SMARTS) is 1. The number of hydrogen-bond acceptors (Lipinski definition) is 5. The second-order valence-electron chi connectivity index (χ2n) is 5.68. The fourth-order valence-corrected chi connectivity index (χ4v) is 3.28. The molecule has 7 heteroatoms. The minimum atomic E-state index is -1.15. The zero-order valence-corrected chi connectivity index (χ0v) is 11.5. The Morgan fingerprint density at radius 2 is 2.10 bits per heavy atom. The normalized spacial score (nSPS) is 27.3. The van der Waals surface area contributed by atoms with Gasteiger partial charge in [-0.25, -0.2) is 4.79 Å². The molecule has 3 aliphatic heterocycles. The van der Waals surface area contributed by atoms with Gasteiger partial charge in [0.15, 0.2) is 0 Å². The van der Waals surface area contributed by atoms with Crippen LogP contribution >= 0.6 is 0 Å². The summed E-state index contributed by atoms with van der Waals surface area (Å²) in [6, 6.07) is 4.17. The second kappa shape index (κ2) is 5.33. The van der Waals surface area contributed by atoms with Crippen molar-refractivity contribution in [3.8, 4) is 0 Å². The van der Waals surface area contributed by atoms with Crippen molar-refractivity contribution in [2.24, 2.45) is 5.92 Å². The maximum absolute atomic E-state index is 11.3. The van der Waals surface area contributed by atoms with Crippen LogP contribution in [-0.4, -0.2) is 46.6 Å². The number of fused-ring (bicyclic) bond motifs is 3. The zero-order chi connectivity index (χ0) is 15.0. The predicted octanol–water partition coefficient (Wildman–Crippen LogP) is 1.80. The summed E-state index contributed by atoms with van der Waals surface area (Å²) in [5, 5.41) is 23.3. The molecule has 1 atom stereocenters. The number of carboxylic acids is 1. The molecule has 0 radical (unpaired) electrons. The molecule has 0 aliphatic carbocycles. The van der Waals surface area contributed by atoms with Crippen molar-refractivity contribution in [2.45, 2.75) is 18.9 Å². The maximum atomic E-state index is 11.3. The van der Waals surface area contributed by atoms with E-state index in [-0.39, 0.29) is 17.3 Å². The number of piperidine rings is 3. The van der Waals surface area contributed by atoms with Gasteiger partial charge in [0.1, 0.15) is 0 Å². The lowest BCUT2D eigenvalue weighted by Gasteiger charge is -2.45. The molecule has 0 saturated carbocycles. The summed E-state index contributed by atoms with van der Waals surface area (Å²) in [7, 11) is 0.